The number of hydrogen-bond donors (Lipinski definition) is 2. The van der Waals surface area contributed by atoms with Crippen LogP contribution in [0.2, 0.25) is 0 Å². The van der Waals surface area contributed by atoms with Crippen molar-refractivity contribution in [3.63, 3.8) is 0 Å². The van der Waals surface area contributed by atoms with Crippen molar-refractivity contribution >= 4 is 33.4 Å². The van der Waals surface area contributed by atoms with Crippen molar-refractivity contribution in [2.75, 3.05) is 12.4 Å². The predicted molar refractivity (Wildman–Crippen MR) is 95.8 cm³/mol. The molecule has 0 bridgehead atoms. The van der Waals surface area contributed by atoms with E-state index in [4.69, 9.17) is 0 Å². The Morgan fingerprint density at radius 2 is 1.96 bits per heavy atom. The zero-order valence-corrected chi connectivity index (χ0v) is 15.0. The summed E-state index contributed by atoms with van der Waals surface area (Å²) in [6, 6.07) is 12.9. The number of nitrogens with one attached hydrogen (secondary N) is 2. The van der Waals surface area contributed by atoms with Gasteiger partial charge in [0.25, 0.3) is 0 Å². The van der Waals surface area contributed by atoms with Gasteiger partial charge in [-0.25, -0.2) is 13.1 Å². The van der Waals surface area contributed by atoms with E-state index in [2.05, 4.69) is 10.0 Å². The molecule has 0 aromatic heterocycles. The van der Waals surface area contributed by atoms with E-state index < -0.39 is 10.0 Å². The molecule has 2 N–H and O–H groups in total. The fraction of sp³-hybridized carbons (Fsp3) is 0.235. The molecule has 1 unspecified atom stereocenters. The topological polar surface area (TPSA) is 75.3 Å². The van der Waals surface area contributed by atoms with Crippen molar-refractivity contribution in [2.45, 2.75) is 28.4 Å². The Morgan fingerprint density at radius 1 is 1.21 bits per heavy atom. The minimum absolute atomic E-state index is 0.118. The maximum Gasteiger partial charge on any atom is 0.240 e. The number of aryl methyl sites for hydroxylation is 1. The fourth-order valence-corrected chi connectivity index (χ4v) is 4.82. The second-order valence-electron chi connectivity index (χ2n) is 5.60. The van der Waals surface area contributed by atoms with Crippen LogP contribution in [0.5, 0.6) is 0 Å². The van der Waals surface area contributed by atoms with Crippen LogP contribution in [0.1, 0.15) is 11.1 Å². The lowest BCUT2D eigenvalue weighted by Crippen LogP contribution is -2.25. The fourth-order valence-electron chi connectivity index (χ4n) is 2.63. The van der Waals surface area contributed by atoms with Crippen LogP contribution in [0, 0.1) is 6.92 Å². The third-order valence-electron chi connectivity index (χ3n) is 3.95. The second kappa shape index (κ2) is 6.58. The van der Waals surface area contributed by atoms with Crippen LogP contribution in [0.15, 0.2) is 52.3 Å². The molecule has 126 valence electrons. The number of benzene rings is 2. The van der Waals surface area contributed by atoms with E-state index in [0.29, 0.717) is 17.7 Å². The normalized spacial score (nSPS) is 16.7. The van der Waals surface area contributed by atoms with Crippen molar-refractivity contribution in [1.82, 2.24) is 4.72 Å². The summed E-state index contributed by atoms with van der Waals surface area (Å²) in [6.07, 6.45) is 0.681. The van der Waals surface area contributed by atoms with Gasteiger partial charge in [-0.05, 0) is 49.7 Å². The number of anilines is 1. The number of carbonyl (C=O) groups is 1. The first-order chi connectivity index (χ1) is 11.4. The third-order valence-corrected chi connectivity index (χ3v) is 6.83. The highest BCUT2D eigenvalue weighted by Gasteiger charge is 2.28. The van der Waals surface area contributed by atoms with Crippen LogP contribution in [0.25, 0.3) is 0 Å². The molecule has 0 aliphatic carbocycles. The van der Waals surface area contributed by atoms with E-state index in [0.717, 1.165) is 4.90 Å². The molecule has 1 heterocycles. The molecule has 0 fully saturated rings. The van der Waals surface area contributed by atoms with Crippen LogP contribution in [0.4, 0.5) is 5.69 Å². The zero-order valence-electron chi connectivity index (χ0n) is 13.4. The van der Waals surface area contributed by atoms with Crippen LogP contribution in [-0.4, -0.2) is 26.6 Å². The molecule has 0 spiro atoms. The molecule has 0 saturated heterocycles. The number of rotatable bonds is 4. The van der Waals surface area contributed by atoms with Gasteiger partial charge in [-0.3, -0.25) is 4.79 Å². The molecule has 2 aromatic rings. The molecular weight excluding hydrogens is 344 g/mol. The molecular formula is C17H18N2O3S2. The van der Waals surface area contributed by atoms with Gasteiger partial charge in [-0.2, -0.15) is 0 Å². The van der Waals surface area contributed by atoms with Gasteiger partial charge in [0.15, 0.2) is 0 Å². The van der Waals surface area contributed by atoms with E-state index >= 15 is 0 Å². The van der Waals surface area contributed by atoms with Gasteiger partial charge in [-0.1, -0.05) is 24.3 Å². The average molecular weight is 362 g/mol. The Morgan fingerprint density at radius 3 is 2.67 bits per heavy atom. The molecule has 5 nitrogen and oxygen atoms in total. The summed E-state index contributed by atoms with van der Waals surface area (Å²) in [7, 11) is -2.19. The number of thioether (sulfide) groups is 1. The molecule has 3 rings (SSSR count). The zero-order chi connectivity index (χ0) is 17.3. The lowest BCUT2D eigenvalue weighted by Gasteiger charge is -2.12. The molecule has 1 amide bonds. The Hall–Kier alpha value is -1.83. The highest BCUT2D eigenvalue weighted by atomic mass is 32.2. The summed E-state index contributed by atoms with van der Waals surface area (Å²) in [5, 5.41) is 2.63. The summed E-state index contributed by atoms with van der Waals surface area (Å²) >= 11 is 1.54. The molecule has 0 saturated carbocycles. The van der Waals surface area contributed by atoms with Gasteiger partial charge < -0.3 is 5.32 Å². The van der Waals surface area contributed by atoms with Crippen LogP contribution >= 0.6 is 11.8 Å². The summed E-state index contributed by atoms with van der Waals surface area (Å²) in [6.45, 7) is 1.72. The summed E-state index contributed by atoms with van der Waals surface area (Å²) < 4.78 is 26.4. The molecule has 24 heavy (non-hydrogen) atoms. The standard InChI is InChI=1S/C17H18N2O3S2/c1-11-7-8-13(10-16(11)24(21,22)18-2)19-17(20)15-9-12-5-3-4-6-14(12)23-15/h3-8,10,15,18H,9H2,1-2H3,(H,19,20). The van der Waals surface area contributed by atoms with Gasteiger partial charge >= 0.3 is 0 Å². The first-order valence-electron chi connectivity index (χ1n) is 7.50. The van der Waals surface area contributed by atoms with Gasteiger partial charge in [0, 0.05) is 10.6 Å². The van der Waals surface area contributed by atoms with Gasteiger partial charge in [0.1, 0.15) is 0 Å². The minimum Gasteiger partial charge on any atom is -0.325 e. The molecule has 2 aromatic carbocycles. The van der Waals surface area contributed by atoms with E-state index in [9.17, 15) is 13.2 Å². The molecule has 1 atom stereocenters. The van der Waals surface area contributed by atoms with Crippen molar-refractivity contribution < 1.29 is 13.2 Å². The Bertz CT molecular complexity index is 869. The monoisotopic (exact) mass is 362 g/mol. The molecule has 1 aliphatic heterocycles. The lowest BCUT2D eigenvalue weighted by atomic mass is 10.1. The quantitative estimate of drug-likeness (QED) is 0.876. The van der Waals surface area contributed by atoms with Gasteiger partial charge in [-0.15, -0.1) is 11.8 Å². The lowest BCUT2D eigenvalue weighted by molar-refractivity contribution is -0.115. The van der Waals surface area contributed by atoms with Crippen molar-refractivity contribution in [2.24, 2.45) is 0 Å². The van der Waals surface area contributed by atoms with Crippen molar-refractivity contribution in [3.05, 3.63) is 53.6 Å². The maximum absolute atomic E-state index is 12.5. The number of carbonyl (C=O) groups excluding carboxylic acids is 1. The molecule has 0 radical (unpaired) electrons. The highest BCUT2D eigenvalue weighted by molar-refractivity contribution is 8.01. The van der Waals surface area contributed by atoms with Crippen molar-refractivity contribution in [3.8, 4) is 0 Å². The van der Waals surface area contributed by atoms with E-state index in [1.54, 1.807) is 19.1 Å². The van der Waals surface area contributed by atoms with Crippen LogP contribution in [0.3, 0.4) is 0 Å². The Kier molecular flexibility index (Phi) is 4.67. The molecule has 7 heteroatoms. The highest BCUT2D eigenvalue weighted by Crippen LogP contribution is 2.37. The SMILES string of the molecule is CNS(=O)(=O)c1cc(NC(=O)C2Cc3ccccc3S2)ccc1C. The largest absolute Gasteiger partial charge is 0.325 e. The van der Waals surface area contributed by atoms with Crippen molar-refractivity contribution in [1.29, 1.82) is 0 Å². The van der Waals surface area contributed by atoms with E-state index in [1.165, 1.54) is 30.4 Å². The first kappa shape index (κ1) is 17.0. The first-order valence-corrected chi connectivity index (χ1v) is 9.86. The Balaban J connectivity index is 1.78. The summed E-state index contributed by atoms with van der Waals surface area (Å²) in [5.41, 5.74) is 2.28. The molecule has 1 aliphatic rings. The maximum atomic E-state index is 12.5. The summed E-state index contributed by atoms with van der Waals surface area (Å²) in [4.78, 5) is 13.8. The average Bonchev–Trinajstić information content (AvgIpc) is 3.00. The van der Waals surface area contributed by atoms with Gasteiger partial charge in [0.2, 0.25) is 15.9 Å². The van der Waals surface area contributed by atoms with Gasteiger partial charge in [0.05, 0.1) is 10.1 Å². The minimum atomic E-state index is -3.56. The Labute approximate surface area is 145 Å². The third kappa shape index (κ3) is 3.33. The second-order valence-corrected chi connectivity index (χ2v) is 8.69. The van der Waals surface area contributed by atoms with Crippen LogP contribution < -0.4 is 10.0 Å². The number of hydrogen-bond acceptors (Lipinski definition) is 4. The van der Waals surface area contributed by atoms with Crippen LogP contribution in [-0.2, 0) is 21.2 Å². The smallest absolute Gasteiger partial charge is 0.240 e. The predicted octanol–water partition coefficient (Wildman–Crippen LogP) is 2.56. The summed E-state index contributed by atoms with van der Waals surface area (Å²) in [5.74, 6) is -0.118. The number of fused-ring (bicyclic) bond motifs is 1. The van der Waals surface area contributed by atoms with E-state index in [-0.39, 0.29) is 16.1 Å². The number of amides is 1. The van der Waals surface area contributed by atoms with E-state index in [1.807, 2.05) is 24.3 Å². The number of sulfonamides is 1.